The van der Waals surface area contributed by atoms with Gasteiger partial charge in [0.15, 0.2) is 11.5 Å². The number of halogens is 1. The summed E-state index contributed by atoms with van der Waals surface area (Å²) in [5, 5.41) is 13.0. The molecule has 0 heterocycles. The van der Waals surface area contributed by atoms with Crippen LogP contribution >= 0.6 is 15.9 Å². The summed E-state index contributed by atoms with van der Waals surface area (Å²) in [6.45, 7) is 0. The van der Waals surface area contributed by atoms with E-state index in [0.29, 0.717) is 5.75 Å². The quantitative estimate of drug-likeness (QED) is 0.893. The highest BCUT2D eigenvalue weighted by Crippen LogP contribution is 2.41. The molecule has 2 N–H and O–H groups in total. The molecule has 0 aliphatic heterocycles. The van der Waals surface area contributed by atoms with E-state index >= 15 is 0 Å². The Morgan fingerprint density at radius 2 is 2.19 bits per heavy atom. The number of likely N-dealkylation sites (N-methyl/N-ethyl adjacent to an activating group) is 1. The van der Waals surface area contributed by atoms with Crippen LogP contribution in [0.25, 0.3) is 0 Å². The van der Waals surface area contributed by atoms with Crippen molar-refractivity contribution in [3.8, 4) is 11.5 Å². The average molecular weight is 286 g/mol. The molecule has 2 rings (SSSR count). The summed E-state index contributed by atoms with van der Waals surface area (Å²) >= 11 is 3.48. The van der Waals surface area contributed by atoms with Gasteiger partial charge in [0.1, 0.15) is 0 Å². The molecule has 0 spiro atoms. The van der Waals surface area contributed by atoms with Crippen LogP contribution in [-0.2, 0) is 6.42 Å². The molecule has 1 aromatic carbocycles. The zero-order valence-corrected chi connectivity index (χ0v) is 11.1. The largest absolute Gasteiger partial charge is 0.504 e. The van der Waals surface area contributed by atoms with Gasteiger partial charge in [0.2, 0.25) is 0 Å². The van der Waals surface area contributed by atoms with Gasteiger partial charge in [0, 0.05) is 10.0 Å². The Bertz CT molecular complexity index is 402. The van der Waals surface area contributed by atoms with E-state index in [4.69, 9.17) is 4.74 Å². The van der Waals surface area contributed by atoms with Crippen LogP contribution in [0.1, 0.15) is 18.4 Å². The maximum atomic E-state index is 9.62. The number of ether oxygens (including phenoxy) is 1. The molecule has 0 unspecified atom stereocenters. The van der Waals surface area contributed by atoms with E-state index < -0.39 is 0 Å². The molecule has 1 fully saturated rings. The van der Waals surface area contributed by atoms with E-state index in [1.165, 1.54) is 18.4 Å². The second-order valence-electron chi connectivity index (χ2n) is 4.32. The summed E-state index contributed by atoms with van der Waals surface area (Å²) in [5.41, 5.74) is 1.42. The first kappa shape index (κ1) is 11.7. The Labute approximate surface area is 104 Å². The highest BCUT2D eigenvalue weighted by atomic mass is 79.9. The van der Waals surface area contributed by atoms with Crippen molar-refractivity contribution < 1.29 is 9.84 Å². The number of methoxy groups -OCH3 is 1. The second kappa shape index (κ2) is 4.26. The fraction of sp³-hybridized carbons (Fsp3) is 0.500. The topological polar surface area (TPSA) is 41.5 Å². The number of phenols is 1. The van der Waals surface area contributed by atoms with Crippen LogP contribution in [0.5, 0.6) is 11.5 Å². The Hall–Kier alpha value is -0.740. The zero-order chi connectivity index (χ0) is 11.8. The molecule has 0 aromatic heterocycles. The normalized spacial score (nSPS) is 17.2. The fourth-order valence-corrected chi connectivity index (χ4v) is 2.39. The number of hydrogen-bond acceptors (Lipinski definition) is 3. The highest BCUT2D eigenvalue weighted by molar-refractivity contribution is 9.10. The lowest BCUT2D eigenvalue weighted by molar-refractivity contribution is 0.372. The summed E-state index contributed by atoms with van der Waals surface area (Å²) in [6, 6.07) is 3.59. The molecule has 1 aliphatic rings. The fourth-order valence-electron chi connectivity index (χ4n) is 1.91. The summed E-state index contributed by atoms with van der Waals surface area (Å²) in [5.74, 6) is 0.706. The molecule has 0 saturated heterocycles. The third-order valence-corrected chi connectivity index (χ3v) is 4.00. The minimum Gasteiger partial charge on any atom is -0.504 e. The van der Waals surface area contributed by atoms with Crippen molar-refractivity contribution in [3.63, 3.8) is 0 Å². The number of aromatic hydroxyl groups is 1. The molecule has 0 radical (unpaired) electrons. The Kier molecular flexibility index (Phi) is 3.13. The first-order chi connectivity index (χ1) is 7.60. The maximum Gasteiger partial charge on any atom is 0.160 e. The third kappa shape index (κ3) is 2.18. The monoisotopic (exact) mass is 285 g/mol. The number of hydrogen-bond donors (Lipinski definition) is 2. The van der Waals surface area contributed by atoms with Crippen molar-refractivity contribution in [2.24, 2.45) is 0 Å². The smallest absolute Gasteiger partial charge is 0.160 e. The first-order valence-corrected chi connectivity index (χ1v) is 6.14. The Balaban J connectivity index is 2.26. The Morgan fingerprint density at radius 1 is 1.50 bits per heavy atom. The van der Waals surface area contributed by atoms with Crippen LogP contribution in [0, 0.1) is 0 Å². The van der Waals surface area contributed by atoms with Gasteiger partial charge in [-0.25, -0.2) is 0 Å². The number of nitrogens with one attached hydrogen (secondary N) is 1. The van der Waals surface area contributed by atoms with E-state index in [9.17, 15) is 5.11 Å². The van der Waals surface area contributed by atoms with E-state index in [-0.39, 0.29) is 11.3 Å². The van der Waals surface area contributed by atoms with Gasteiger partial charge in [0.25, 0.3) is 0 Å². The predicted octanol–water partition coefficient (Wildman–Crippen LogP) is 2.46. The third-order valence-electron chi connectivity index (χ3n) is 3.26. The predicted molar refractivity (Wildman–Crippen MR) is 67.1 cm³/mol. The summed E-state index contributed by atoms with van der Waals surface area (Å²) in [4.78, 5) is 0. The van der Waals surface area contributed by atoms with Crippen LogP contribution in [-0.4, -0.2) is 24.8 Å². The average Bonchev–Trinajstić information content (AvgIpc) is 3.03. The summed E-state index contributed by atoms with van der Waals surface area (Å²) < 4.78 is 6.06. The van der Waals surface area contributed by atoms with Crippen LogP contribution in [0.3, 0.4) is 0 Å². The van der Waals surface area contributed by atoms with E-state index in [1.54, 1.807) is 13.2 Å². The molecule has 0 bridgehead atoms. The maximum absolute atomic E-state index is 9.62. The first-order valence-electron chi connectivity index (χ1n) is 5.34. The standard InChI is InChI=1S/C12H16BrNO2/c1-14-12(3-4-12)7-8-5-11(16-2)10(15)6-9(8)13/h5-6,14-15H,3-4,7H2,1-2H3. The van der Waals surface area contributed by atoms with E-state index in [0.717, 1.165) is 10.9 Å². The van der Waals surface area contributed by atoms with Crippen molar-refractivity contribution >= 4 is 15.9 Å². The lowest BCUT2D eigenvalue weighted by atomic mass is 10.0. The molecule has 16 heavy (non-hydrogen) atoms. The van der Waals surface area contributed by atoms with Crippen LogP contribution < -0.4 is 10.1 Å². The van der Waals surface area contributed by atoms with Gasteiger partial charge in [-0.15, -0.1) is 0 Å². The molecule has 1 aliphatic carbocycles. The van der Waals surface area contributed by atoms with Crippen LogP contribution in [0.4, 0.5) is 0 Å². The molecular formula is C12H16BrNO2. The minimum absolute atomic E-state index is 0.174. The minimum atomic E-state index is 0.174. The van der Waals surface area contributed by atoms with Crippen LogP contribution in [0.15, 0.2) is 16.6 Å². The number of phenolic OH excluding ortho intramolecular Hbond substituents is 1. The molecule has 0 atom stereocenters. The van der Waals surface area contributed by atoms with Crippen molar-refractivity contribution in [1.82, 2.24) is 5.32 Å². The van der Waals surface area contributed by atoms with Gasteiger partial charge < -0.3 is 15.2 Å². The molecule has 1 aromatic rings. The van der Waals surface area contributed by atoms with E-state index in [2.05, 4.69) is 21.2 Å². The molecule has 1 saturated carbocycles. The van der Waals surface area contributed by atoms with Crippen molar-refractivity contribution in [3.05, 3.63) is 22.2 Å². The zero-order valence-electron chi connectivity index (χ0n) is 9.51. The lowest BCUT2D eigenvalue weighted by Gasteiger charge is -2.16. The van der Waals surface area contributed by atoms with Gasteiger partial charge in [-0.1, -0.05) is 15.9 Å². The van der Waals surface area contributed by atoms with Gasteiger partial charge >= 0.3 is 0 Å². The Morgan fingerprint density at radius 3 is 2.69 bits per heavy atom. The molecule has 3 nitrogen and oxygen atoms in total. The molecule has 4 heteroatoms. The molecule has 0 amide bonds. The van der Waals surface area contributed by atoms with Crippen molar-refractivity contribution in [1.29, 1.82) is 0 Å². The van der Waals surface area contributed by atoms with Gasteiger partial charge in [0.05, 0.1) is 7.11 Å². The van der Waals surface area contributed by atoms with Crippen LogP contribution in [0.2, 0.25) is 0 Å². The summed E-state index contributed by atoms with van der Waals surface area (Å²) in [7, 11) is 3.57. The number of rotatable bonds is 4. The lowest BCUT2D eigenvalue weighted by Crippen LogP contribution is -2.29. The molecule has 88 valence electrons. The van der Waals surface area contributed by atoms with Crippen molar-refractivity contribution in [2.75, 3.05) is 14.2 Å². The van der Waals surface area contributed by atoms with Gasteiger partial charge in [-0.2, -0.15) is 0 Å². The van der Waals surface area contributed by atoms with Gasteiger partial charge in [-0.3, -0.25) is 0 Å². The second-order valence-corrected chi connectivity index (χ2v) is 5.18. The highest BCUT2D eigenvalue weighted by Gasteiger charge is 2.41. The van der Waals surface area contributed by atoms with Gasteiger partial charge in [-0.05, 0) is 44.0 Å². The SMILES string of the molecule is CNC1(Cc2cc(OC)c(O)cc2Br)CC1. The molecular weight excluding hydrogens is 270 g/mol. The van der Waals surface area contributed by atoms with E-state index in [1.807, 2.05) is 13.1 Å². The number of benzene rings is 1. The summed E-state index contributed by atoms with van der Waals surface area (Å²) in [6.07, 6.45) is 3.37. The van der Waals surface area contributed by atoms with Crippen molar-refractivity contribution in [2.45, 2.75) is 24.8 Å².